The van der Waals surface area contributed by atoms with Gasteiger partial charge in [0.15, 0.2) is 5.69 Å². The van der Waals surface area contributed by atoms with Gasteiger partial charge in [-0.1, -0.05) is 41.4 Å². The van der Waals surface area contributed by atoms with Crippen LogP contribution in [0, 0.1) is 6.92 Å². The second kappa shape index (κ2) is 6.51. The van der Waals surface area contributed by atoms with Gasteiger partial charge in [-0.25, -0.2) is 0 Å². The van der Waals surface area contributed by atoms with Crippen molar-refractivity contribution in [2.45, 2.75) is 6.92 Å². The average molecular weight is 400 g/mol. The number of amides is 1. The van der Waals surface area contributed by atoms with Gasteiger partial charge in [-0.3, -0.25) is 4.79 Å². The van der Waals surface area contributed by atoms with E-state index in [0.29, 0.717) is 10.9 Å². The van der Waals surface area contributed by atoms with Crippen molar-refractivity contribution in [1.29, 1.82) is 0 Å². The molecule has 5 N–H and O–H groups in total. The molecule has 0 aliphatic heterocycles. The van der Waals surface area contributed by atoms with Gasteiger partial charge in [0.2, 0.25) is 5.88 Å². The molecule has 0 atom stereocenters. The predicted octanol–water partition coefficient (Wildman–Crippen LogP) is 4.46. The van der Waals surface area contributed by atoms with Crippen molar-refractivity contribution in [2.75, 3.05) is 5.73 Å². The Kier molecular flexibility index (Phi) is 4.55. The molecule has 25 heavy (non-hydrogen) atoms. The van der Waals surface area contributed by atoms with E-state index in [-0.39, 0.29) is 38.1 Å². The number of carbonyl (C=O) groups is 1. The van der Waals surface area contributed by atoms with Crippen molar-refractivity contribution in [2.24, 2.45) is 10.2 Å². The standard InChI is InChI=1S/C15H10Cl3N5O2/c1-5-3-2-4-6-10(5)21-14(24)11(6)22-23-15(25)12-7(16)9(19)8(17)13(18)20-12/h2-4,21,24H,1H3,(H2,19,20)/p+1. The Morgan fingerprint density at radius 2 is 2.00 bits per heavy atom. The van der Waals surface area contributed by atoms with E-state index in [1.165, 1.54) is 0 Å². The first-order valence-corrected chi connectivity index (χ1v) is 8.06. The smallest absolute Gasteiger partial charge is 0.361 e. The molecular formula is C15H11Cl3N5O2+. The minimum absolute atomic E-state index is 0.00454. The molecular weight excluding hydrogens is 389 g/mol. The second-order valence-electron chi connectivity index (χ2n) is 5.18. The number of benzene rings is 1. The number of nitrogens with two attached hydrogens (primary N) is 1. The number of azo groups is 1. The lowest BCUT2D eigenvalue weighted by Crippen LogP contribution is -2.19. The van der Waals surface area contributed by atoms with Crippen LogP contribution in [0.5, 0.6) is 5.88 Å². The first kappa shape index (κ1) is 17.5. The molecule has 128 valence electrons. The van der Waals surface area contributed by atoms with Gasteiger partial charge < -0.3 is 15.8 Å². The molecule has 0 bridgehead atoms. The lowest BCUT2D eigenvalue weighted by molar-refractivity contribution is -0.378. The fourth-order valence-electron chi connectivity index (χ4n) is 2.30. The number of aromatic nitrogens is 2. The third-order valence-electron chi connectivity index (χ3n) is 3.57. The maximum Gasteiger partial charge on any atom is 0.361 e. The zero-order chi connectivity index (χ0) is 18.3. The van der Waals surface area contributed by atoms with Gasteiger partial charge in [-0.15, -0.1) is 10.2 Å². The Bertz CT molecular complexity index is 1050. The Morgan fingerprint density at radius 3 is 2.72 bits per heavy atom. The van der Waals surface area contributed by atoms with Crippen molar-refractivity contribution in [3.05, 3.63) is 44.7 Å². The van der Waals surface area contributed by atoms with Gasteiger partial charge in [-0.2, -0.15) is 4.98 Å². The van der Waals surface area contributed by atoms with Gasteiger partial charge in [0.25, 0.3) is 10.8 Å². The number of aromatic amines is 2. The number of carbonyl (C=O) groups excluding carboxylic acids is 1. The molecule has 0 radical (unpaired) electrons. The topological polar surface area (TPSA) is 118 Å². The van der Waals surface area contributed by atoms with Gasteiger partial charge >= 0.3 is 5.91 Å². The van der Waals surface area contributed by atoms with E-state index in [9.17, 15) is 9.90 Å². The normalized spacial score (nSPS) is 11.5. The number of nitrogens with zero attached hydrogens (tertiary/aromatic N) is 2. The Balaban J connectivity index is 2.03. The summed E-state index contributed by atoms with van der Waals surface area (Å²) in [6.45, 7) is 1.87. The number of hydrogen-bond acceptors (Lipinski definition) is 4. The number of aromatic hydroxyl groups is 1. The maximum absolute atomic E-state index is 12.3. The molecule has 0 spiro atoms. The molecule has 2 aromatic heterocycles. The van der Waals surface area contributed by atoms with E-state index in [4.69, 9.17) is 40.5 Å². The molecule has 10 heteroatoms. The van der Waals surface area contributed by atoms with E-state index >= 15 is 0 Å². The number of para-hydroxylation sites is 1. The van der Waals surface area contributed by atoms with E-state index in [0.717, 1.165) is 5.56 Å². The number of pyridine rings is 1. The van der Waals surface area contributed by atoms with Gasteiger partial charge in [0, 0.05) is 5.39 Å². The largest absolute Gasteiger partial charge is 0.493 e. The molecule has 0 saturated heterocycles. The number of aryl methyl sites for hydroxylation is 1. The quantitative estimate of drug-likeness (QED) is 0.436. The third kappa shape index (κ3) is 3.02. The molecule has 7 nitrogen and oxygen atoms in total. The van der Waals surface area contributed by atoms with Crippen LogP contribution in [-0.4, -0.2) is 16.0 Å². The number of fused-ring (bicyclic) bond motifs is 1. The SMILES string of the molecule is Cc1cccc2c(N=NC(=O)c3[nH+]c(Cl)c(Cl)c(N)c3Cl)c(O)[nH]c12. The highest BCUT2D eigenvalue weighted by atomic mass is 35.5. The van der Waals surface area contributed by atoms with Crippen molar-refractivity contribution in [3.8, 4) is 5.88 Å². The number of nitrogens with one attached hydrogen (secondary N) is 2. The number of rotatable bonds is 2. The fraction of sp³-hybridized carbons (Fsp3) is 0.0667. The fourth-order valence-corrected chi connectivity index (χ4v) is 2.91. The number of halogens is 3. The Morgan fingerprint density at radius 1 is 1.28 bits per heavy atom. The van der Waals surface area contributed by atoms with Crippen LogP contribution in [0.1, 0.15) is 16.1 Å². The van der Waals surface area contributed by atoms with Crippen LogP contribution in [0.25, 0.3) is 10.9 Å². The maximum atomic E-state index is 12.3. The van der Waals surface area contributed by atoms with Gasteiger partial charge in [0.1, 0.15) is 10.0 Å². The van der Waals surface area contributed by atoms with Crippen molar-refractivity contribution < 1.29 is 14.9 Å². The van der Waals surface area contributed by atoms with E-state index in [2.05, 4.69) is 20.2 Å². The summed E-state index contributed by atoms with van der Waals surface area (Å²) in [6.07, 6.45) is 0. The summed E-state index contributed by atoms with van der Waals surface area (Å²) < 4.78 is 0. The Labute approximate surface area is 156 Å². The molecule has 0 aliphatic carbocycles. The molecule has 0 fully saturated rings. The van der Waals surface area contributed by atoms with Gasteiger partial charge in [0.05, 0.1) is 11.2 Å². The van der Waals surface area contributed by atoms with Crippen LogP contribution in [0.4, 0.5) is 11.4 Å². The van der Waals surface area contributed by atoms with Crippen LogP contribution >= 0.6 is 34.8 Å². The van der Waals surface area contributed by atoms with E-state index in [1.54, 1.807) is 12.1 Å². The molecule has 3 rings (SSSR count). The molecule has 2 heterocycles. The predicted molar refractivity (Wildman–Crippen MR) is 96.0 cm³/mol. The second-order valence-corrected chi connectivity index (χ2v) is 6.31. The molecule has 0 unspecified atom stereocenters. The van der Waals surface area contributed by atoms with Crippen LogP contribution in [-0.2, 0) is 0 Å². The number of hydrogen-bond donors (Lipinski definition) is 3. The van der Waals surface area contributed by atoms with Crippen LogP contribution in [0.3, 0.4) is 0 Å². The van der Waals surface area contributed by atoms with Crippen LogP contribution in [0.2, 0.25) is 15.2 Å². The average Bonchev–Trinajstić information content (AvgIpc) is 2.91. The molecule has 0 aliphatic rings. The summed E-state index contributed by atoms with van der Waals surface area (Å²) in [4.78, 5) is 17.6. The Hall–Kier alpha value is -2.35. The summed E-state index contributed by atoms with van der Waals surface area (Å²) in [5, 5.41) is 17.9. The van der Waals surface area contributed by atoms with E-state index in [1.807, 2.05) is 13.0 Å². The number of nitrogen functional groups attached to an aromatic ring is 1. The minimum atomic E-state index is -0.823. The highest BCUT2D eigenvalue weighted by molar-refractivity contribution is 6.45. The van der Waals surface area contributed by atoms with Crippen molar-refractivity contribution >= 4 is 63.0 Å². The number of H-pyrrole nitrogens is 2. The summed E-state index contributed by atoms with van der Waals surface area (Å²) >= 11 is 17.7. The highest BCUT2D eigenvalue weighted by Crippen LogP contribution is 2.37. The summed E-state index contributed by atoms with van der Waals surface area (Å²) in [5.74, 6) is -1.03. The van der Waals surface area contributed by atoms with Crippen molar-refractivity contribution in [3.63, 3.8) is 0 Å². The summed E-state index contributed by atoms with van der Waals surface area (Å²) in [6, 6.07) is 5.42. The number of anilines is 1. The summed E-state index contributed by atoms with van der Waals surface area (Å²) in [7, 11) is 0. The highest BCUT2D eigenvalue weighted by Gasteiger charge is 2.26. The molecule has 1 aromatic carbocycles. The van der Waals surface area contributed by atoms with E-state index < -0.39 is 5.91 Å². The monoisotopic (exact) mass is 398 g/mol. The minimum Gasteiger partial charge on any atom is -0.493 e. The van der Waals surface area contributed by atoms with Crippen molar-refractivity contribution in [1.82, 2.24) is 4.98 Å². The van der Waals surface area contributed by atoms with Crippen LogP contribution < -0.4 is 10.7 Å². The van der Waals surface area contributed by atoms with Crippen LogP contribution in [0.15, 0.2) is 28.4 Å². The lowest BCUT2D eigenvalue weighted by Gasteiger charge is -2.00. The zero-order valence-electron chi connectivity index (χ0n) is 12.7. The lowest BCUT2D eigenvalue weighted by atomic mass is 10.1. The van der Waals surface area contributed by atoms with Gasteiger partial charge in [-0.05, 0) is 24.1 Å². The summed E-state index contributed by atoms with van der Waals surface area (Å²) in [5.41, 5.74) is 7.23. The first-order chi connectivity index (χ1) is 11.8. The molecule has 1 amide bonds. The zero-order valence-corrected chi connectivity index (χ0v) is 15.0. The molecule has 3 aromatic rings. The third-order valence-corrected chi connectivity index (χ3v) is 4.74. The molecule has 0 saturated carbocycles. The first-order valence-electron chi connectivity index (χ1n) is 6.92.